The van der Waals surface area contributed by atoms with Crippen molar-refractivity contribution in [3.63, 3.8) is 0 Å². The summed E-state index contributed by atoms with van der Waals surface area (Å²) in [6.45, 7) is 13.9. The average Bonchev–Trinajstić information content (AvgIpc) is 2.68. The molecule has 0 amide bonds. The number of allylic oxidation sites excluding steroid dienone is 1. The van der Waals surface area contributed by atoms with E-state index in [-0.39, 0.29) is 5.60 Å². The number of hydrogen-bond donors (Lipinski definition) is 0. The highest BCUT2D eigenvalue weighted by Crippen LogP contribution is 2.38. The maximum atomic E-state index is 5.79. The zero-order valence-electron chi connectivity index (χ0n) is 11.6. The first-order valence-corrected chi connectivity index (χ1v) is 9.59. The van der Waals surface area contributed by atoms with Gasteiger partial charge in [-0.1, -0.05) is 11.6 Å². The molecule has 2 nitrogen and oxygen atoms in total. The van der Waals surface area contributed by atoms with E-state index in [0.717, 1.165) is 19.4 Å². The molecular formula is C13H26O2Si. The van der Waals surface area contributed by atoms with Gasteiger partial charge in [0.2, 0.25) is 0 Å². The Kier molecular flexibility index (Phi) is 4.38. The summed E-state index contributed by atoms with van der Waals surface area (Å²) < 4.78 is 11.4. The third-order valence-electron chi connectivity index (χ3n) is 2.91. The summed E-state index contributed by atoms with van der Waals surface area (Å²) in [5.74, 6) is 0. The molecule has 1 saturated heterocycles. The van der Waals surface area contributed by atoms with Crippen LogP contribution in [0.2, 0.25) is 19.6 Å². The summed E-state index contributed by atoms with van der Waals surface area (Å²) in [4.78, 5) is 0. The minimum Gasteiger partial charge on any atom is -0.414 e. The fourth-order valence-corrected chi connectivity index (χ4v) is 2.22. The molecule has 0 saturated carbocycles. The SMILES string of the molecule is C/C(=C\CO[Si](C)(C)C)CCC1OC1(C)C. The van der Waals surface area contributed by atoms with Gasteiger partial charge in [-0.05, 0) is 53.3 Å². The second-order valence-corrected chi connectivity index (χ2v) is 10.7. The molecule has 1 unspecified atom stereocenters. The van der Waals surface area contributed by atoms with Crippen LogP contribution < -0.4 is 0 Å². The Bertz CT molecular complexity index is 264. The van der Waals surface area contributed by atoms with Crippen LogP contribution in [0, 0.1) is 0 Å². The van der Waals surface area contributed by atoms with E-state index in [9.17, 15) is 0 Å². The number of hydrogen-bond acceptors (Lipinski definition) is 2. The highest BCUT2D eigenvalue weighted by molar-refractivity contribution is 6.69. The van der Waals surface area contributed by atoms with E-state index in [1.807, 2.05) is 0 Å². The fraction of sp³-hybridized carbons (Fsp3) is 0.846. The Morgan fingerprint density at radius 2 is 1.94 bits per heavy atom. The van der Waals surface area contributed by atoms with Gasteiger partial charge in [0.25, 0.3) is 0 Å². The highest BCUT2D eigenvalue weighted by Gasteiger charge is 2.46. The van der Waals surface area contributed by atoms with Gasteiger partial charge >= 0.3 is 0 Å². The molecule has 1 heterocycles. The van der Waals surface area contributed by atoms with Gasteiger partial charge in [-0.2, -0.15) is 0 Å². The van der Waals surface area contributed by atoms with Gasteiger partial charge in [-0.25, -0.2) is 0 Å². The third-order valence-corrected chi connectivity index (χ3v) is 3.95. The quantitative estimate of drug-likeness (QED) is 0.402. The van der Waals surface area contributed by atoms with Crippen molar-refractivity contribution in [2.75, 3.05) is 6.61 Å². The number of ether oxygens (including phenoxy) is 1. The lowest BCUT2D eigenvalue weighted by atomic mass is 10.0. The number of epoxide rings is 1. The highest BCUT2D eigenvalue weighted by atomic mass is 28.4. The van der Waals surface area contributed by atoms with Crippen molar-refractivity contribution >= 4 is 8.32 Å². The van der Waals surface area contributed by atoms with Crippen LogP contribution in [0.4, 0.5) is 0 Å². The van der Waals surface area contributed by atoms with Crippen LogP contribution in [0.3, 0.4) is 0 Å². The van der Waals surface area contributed by atoms with E-state index < -0.39 is 8.32 Å². The lowest BCUT2D eigenvalue weighted by Crippen LogP contribution is -2.25. The Morgan fingerprint density at radius 3 is 2.38 bits per heavy atom. The van der Waals surface area contributed by atoms with Crippen LogP contribution in [0.25, 0.3) is 0 Å². The van der Waals surface area contributed by atoms with Crippen LogP contribution in [0.15, 0.2) is 11.6 Å². The maximum absolute atomic E-state index is 5.79. The molecule has 1 fully saturated rings. The van der Waals surface area contributed by atoms with Crippen molar-refractivity contribution in [1.29, 1.82) is 0 Å². The second kappa shape index (κ2) is 5.03. The molecule has 0 spiro atoms. The molecule has 1 rings (SSSR count). The van der Waals surface area contributed by atoms with Crippen LogP contribution in [0.1, 0.15) is 33.6 Å². The standard InChI is InChI=1S/C13H26O2Si/c1-11(9-10-14-16(4,5)6)7-8-12-13(2,3)15-12/h9,12H,7-8,10H2,1-6H3/b11-9+. The molecule has 1 atom stereocenters. The van der Waals surface area contributed by atoms with E-state index in [1.165, 1.54) is 5.57 Å². The first-order chi connectivity index (χ1) is 7.21. The van der Waals surface area contributed by atoms with Gasteiger partial charge < -0.3 is 9.16 Å². The molecule has 94 valence electrons. The molecule has 0 aliphatic carbocycles. The van der Waals surface area contributed by atoms with Crippen LogP contribution in [0.5, 0.6) is 0 Å². The van der Waals surface area contributed by atoms with E-state index in [2.05, 4.69) is 46.5 Å². The number of rotatable bonds is 6. The van der Waals surface area contributed by atoms with Gasteiger partial charge in [-0.15, -0.1) is 0 Å². The van der Waals surface area contributed by atoms with E-state index >= 15 is 0 Å². The molecule has 0 aromatic rings. The molecule has 0 bridgehead atoms. The summed E-state index contributed by atoms with van der Waals surface area (Å²) in [6, 6.07) is 0. The Labute approximate surface area is 101 Å². The molecular weight excluding hydrogens is 216 g/mol. The lowest BCUT2D eigenvalue weighted by molar-refractivity contribution is 0.319. The van der Waals surface area contributed by atoms with Gasteiger partial charge in [0.1, 0.15) is 0 Å². The lowest BCUT2D eigenvalue weighted by Gasteiger charge is -2.15. The summed E-state index contributed by atoms with van der Waals surface area (Å²) in [5.41, 5.74) is 1.55. The first-order valence-electron chi connectivity index (χ1n) is 6.18. The first kappa shape index (κ1) is 13.9. The summed E-state index contributed by atoms with van der Waals surface area (Å²) in [6.07, 6.45) is 4.95. The third kappa shape index (κ3) is 5.28. The predicted octanol–water partition coefficient (Wildman–Crippen LogP) is 3.74. The molecule has 0 N–H and O–H groups in total. The minimum absolute atomic E-state index is 0.134. The van der Waals surface area contributed by atoms with Crippen molar-refractivity contribution in [3.8, 4) is 0 Å². The predicted molar refractivity (Wildman–Crippen MR) is 71.2 cm³/mol. The molecule has 0 aromatic heterocycles. The Hall–Kier alpha value is -0.123. The molecule has 3 heteroatoms. The van der Waals surface area contributed by atoms with E-state index in [1.54, 1.807) is 0 Å². The second-order valence-electron chi connectivity index (χ2n) is 6.22. The molecule has 0 radical (unpaired) electrons. The van der Waals surface area contributed by atoms with Gasteiger partial charge in [0, 0.05) is 0 Å². The molecule has 1 aliphatic heterocycles. The average molecular weight is 242 g/mol. The normalized spacial score (nSPS) is 24.6. The summed E-state index contributed by atoms with van der Waals surface area (Å²) in [5, 5.41) is 0. The smallest absolute Gasteiger partial charge is 0.184 e. The van der Waals surface area contributed by atoms with E-state index in [0.29, 0.717) is 6.10 Å². The molecule has 16 heavy (non-hydrogen) atoms. The van der Waals surface area contributed by atoms with E-state index in [4.69, 9.17) is 9.16 Å². The van der Waals surface area contributed by atoms with Gasteiger partial charge in [0.05, 0.1) is 18.3 Å². The molecule has 0 aromatic carbocycles. The fourth-order valence-electron chi connectivity index (χ4n) is 1.63. The van der Waals surface area contributed by atoms with Crippen LogP contribution >= 0.6 is 0 Å². The van der Waals surface area contributed by atoms with Crippen molar-refractivity contribution in [2.45, 2.75) is 65.0 Å². The molecule has 1 aliphatic rings. The maximum Gasteiger partial charge on any atom is 0.184 e. The largest absolute Gasteiger partial charge is 0.414 e. The Morgan fingerprint density at radius 1 is 1.38 bits per heavy atom. The Balaban J connectivity index is 2.15. The zero-order chi connectivity index (χ0) is 12.4. The summed E-state index contributed by atoms with van der Waals surface area (Å²) in [7, 11) is -1.35. The zero-order valence-corrected chi connectivity index (χ0v) is 12.6. The van der Waals surface area contributed by atoms with Crippen LogP contribution in [-0.2, 0) is 9.16 Å². The van der Waals surface area contributed by atoms with Crippen molar-refractivity contribution < 1.29 is 9.16 Å². The van der Waals surface area contributed by atoms with Crippen LogP contribution in [-0.4, -0.2) is 26.6 Å². The van der Waals surface area contributed by atoms with Crippen molar-refractivity contribution in [3.05, 3.63) is 11.6 Å². The summed E-state index contributed by atoms with van der Waals surface area (Å²) >= 11 is 0. The minimum atomic E-state index is -1.35. The van der Waals surface area contributed by atoms with Crippen molar-refractivity contribution in [2.24, 2.45) is 0 Å². The topological polar surface area (TPSA) is 21.8 Å². The monoisotopic (exact) mass is 242 g/mol. The van der Waals surface area contributed by atoms with Gasteiger partial charge in [-0.3, -0.25) is 0 Å². The van der Waals surface area contributed by atoms with Gasteiger partial charge in [0.15, 0.2) is 8.32 Å². The van der Waals surface area contributed by atoms with Crippen molar-refractivity contribution in [1.82, 2.24) is 0 Å².